The number of aryl methyl sites for hydroxylation is 2. The van der Waals surface area contributed by atoms with E-state index < -0.39 is 0 Å². The molecule has 0 saturated carbocycles. The Bertz CT molecular complexity index is 1390. The Morgan fingerprint density at radius 1 is 1.24 bits per heavy atom. The highest BCUT2D eigenvalue weighted by atomic mass is 16.5. The van der Waals surface area contributed by atoms with Gasteiger partial charge in [0.05, 0.1) is 29.6 Å². The summed E-state index contributed by atoms with van der Waals surface area (Å²) < 4.78 is 9.75. The van der Waals surface area contributed by atoms with E-state index in [2.05, 4.69) is 60.4 Å². The Hall–Kier alpha value is -3.34. The zero-order valence-electron chi connectivity index (χ0n) is 20.4. The van der Waals surface area contributed by atoms with Crippen LogP contribution in [0.2, 0.25) is 0 Å². The number of likely N-dealkylation sites (N-methyl/N-ethyl adjacent to an activating group) is 1. The van der Waals surface area contributed by atoms with Crippen molar-refractivity contribution in [1.82, 2.24) is 4.57 Å². The minimum atomic E-state index is -0.219. The van der Waals surface area contributed by atoms with Crippen LogP contribution in [0.1, 0.15) is 30.7 Å². The molecule has 2 aromatic rings. The van der Waals surface area contributed by atoms with Crippen molar-refractivity contribution >= 4 is 28.0 Å². The van der Waals surface area contributed by atoms with Gasteiger partial charge in [0.25, 0.3) is 0 Å². The lowest BCUT2D eigenvalue weighted by Gasteiger charge is -2.26. The van der Waals surface area contributed by atoms with Gasteiger partial charge in [-0.25, -0.2) is 4.58 Å². The monoisotopic (exact) mass is 443 g/mol. The van der Waals surface area contributed by atoms with E-state index in [1.54, 1.807) is 7.11 Å². The molecular formula is C28H31N2O3+. The van der Waals surface area contributed by atoms with Gasteiger partial charge in [-0.2, -0.15) is 0 Å². The molecule has 0 amide bonds. The summed E-state index contributed by atoms with van der Waals surface area (Å²) in [6.07, 6.45) is 8.21. The number of nitrogens with zero attached hydrogens (tertiary/aromatic N) is 2. The van der Waals surface area contributed by atoms with Gasteiger partial charge in [-0.3, -0.25) is 4.79 Å². The van der Waals surface area contributed by atoms with E-state index in [1.807, 2.05) is 33.0 Å². The number of hydrogen-bond acceptors (Lipinski definition) is 3. The smallest absolute Gasteiger partial charge is 0.201 e. The van der Waals surface area contributed by atoms with Crippen LogP contribution < -0.4 is 0 Å². The highest BCUT2D eigenvalue weighted by molar-refractivity contribution is 6.41. The van der Waals surface area contributed by atoms with Crippen LogP contribution in [0.3, 0.4) is 0 Å². The number of aliphatic hydroxyl groups excluding tert-OH is 1. The minimum Gasteiger partial charge on any atom is -0.506 e. The maximum Gasteiger partial charge on any atom is 0.201 e. The molecular weight excluding hydrogens is 412 g/mol. The average molecular weight is 444 g/mol. The topological polar surface area (TPSA) is 54.5 Å². The van der Waals surface area contributed by atoms with Crippen LogP contribution in [0, 0.1) is 25.2 Å². The van der Waals surface area contributed by atoms with Gasteiger partial charge in [-0.05, 0) is 58.1 Å². The van der Waals surface area contributed by atoms with Gasteiger partial charge in [-0.15, -0.1) is 0 Å². The Kier molecular flexibility index (Phi) is 4.61. The number of carbonyl (C=O) groups is 1. The standard InChI is InChI=1S/C28H30N2O3/c1-15-8-10-21-18(12-15)24(16(2)29(21)5)25-26(31)19(27(25)32)14-23-28(3,4)20-13-17(33-7)9-11-22(20)30(23)6/h8-14,20,22H,1-7H3/p+1. The zero-order valence-corrected chi connectivity index (χ0v) is 20.4. The van der Waals surface area contributed by atoms with Gasteiger partial charge in [-0.1, -0.05) is 11.6 Å². The molecule has 3 aliphatic rings. The number of carbonyl (C=O) groups excluding carboxylic acids is 1. The molecule has 1 aromatic heterocycles. The average Bonchev–Trinajstić information content (AvgIpc) is 3.13. The van der Waals surface area contributed by atoms with E-state index >= 15 is 0 Å². The number of methoxy groups -OCH3 is 1. The number of rotatable bonds is 3. The van der Waals surface area contributed by atoms with Gasteiger partial charge in [0.2, 0.25) is 5.78 Å². The Balaban J connectivity index is 1.61. The van der Waals surface area contributed by atoms with Crippen LogP contribution in [-0.2, 0) is 16.6 Å². The predicted molar refractivity (Wildman–Crippen MR) is 132 cm³/mol. The SMILES string of the molecule is COC1=CC2C(C=C1)[N+](C)=C(C=C1C(=O)C(c3c(C)n(C)c4ccc(C)cc34)=C1O)C2(C)C. The van der Waals surface area contributed by atoms with Crippen molar-refractivity contribution in [3.63, 3.8) is 0 Å². The number of ketones is 1. The molecule has 0 radical (unpaired) electrons. The zero-order chi connectivity index (χ0) is 23.8. The van der Waals surface area contributed by atoms with Gasteiger partial charge >= 0.3 is 0 Å². The number of benzene rings is 1. The van der Waals surface area contributed by atoms with Crippen molar-refractivity contribution in [1.29, 1.82) is 0 Å². The van der Waals surface area contributed by atoms with Crippen LogP contribution in [-0.4, -0.2) is 45.9 Å². The molecule has 2 aliphatic carbocycles. The number of Topliss-reactive ketones (excluding diaryl/α,β-unsaturated/α-hetero) is 1. The molecule has 5 nitrogen and oxygen atoms in total. The highest BCUT2D eigenvalue weighted by Crippen LogP contribution is 2.45. The fraction of sp³-hybridized carbons (Fsp3) is 0.357. The Labute approximate surface area is 194 Å². The predicted octanol–water partition coefficient (Wildman–Crippen LogP) is 4.78. The lowest BCUT2D eigenvalue weighted by atomic mass is 9.72. The third-order valence-corrected chi connectivity index (χ3v) is 7.87. The summed E-state index contributed by atoms with van der Waals surface area (Å²) in [5.74, 6) is 1.07. The molecule has 170 valence electrons. The number of aliphatic hydroxyl groups is 1. The molecule has 1 aliphatic heterocycles. The van der Waals surface area contributed by atoms with Crippen molar-refractivity contribution in [3.8, 4) is 0 Å². The molecule has 33 heavy (non-hydrogen) atoms. The van der Waals surface area contributed by atoms with Gasteiger partial charge in [0.15, 0.2) is 11.8 Å². The summed E-state index contributed by atoms with van der Waals surface area (Å²) in [6, 6.07) is 6.42. The van der Waals surface area contributed by atoms with Crippen LogP contribution in [0.25, 0.3) is 16.5 Å². The normalized spacial score (nSPS) is 25.1. The number of fused-ring (bicyclic) bond motifs is 2. The van der Waals surface area contributed by atoms with E-state index in [9.17, 15) is 9.90 Å². The summed E-state index contributed by atoms with van der Waals surface area (Å²) in [7, 11) is 5.73. The van der Waals surface area contributed by atoms with Gasteiger partial charge in [0, 0.05) is 35.3 Å². The molecule has 0 bridgehead atoms. The largest absolute Gasteiger partial charge is 0.506 e. The van der Waals surface area contributed by atoms with Crippen molar-refractivity contribution < 1.29 is 19.2 Å². The van der Waals surface area contributed by atoms with E-state index in [1.165, 1.54) is 0 Å². The fourth-order valence-corrected chi connectivity index (χ4v) is 5.79. The minimum absolute atomic E-state index is 0.0901. The number of ether oxygens (including phenoxy) is 1. The number of hydrogen-bond donors (Lipinski definition) is 1. The third-order valence-electron chi connectivity index (χ3n) is 7.87. The second-order valence-electron chi connectivity index (χ2n) is 10.0. The first-order chi connectivity index (χ1) is 15.6. The van der Waals surface area contributed by atoms with Crippen LogP contribution in [0.15, 0.2) is 59.6 Å². The fourth-order valence-electron chi connectivity index (χ4n) is 5.79. The van der Waals surface area contributed by atoms with Crippen LogP contribution in [0.4, 0.5) is 0 Å². The Morgan fingerprint density at radius 3 is 2.64 bits per heavy atom. The lowest BCUT2D eigenvalue weighted by molar-refractivity contribution is -0.521. The maximum atomic E-state index is 13.4. The summed E-state index contributed by atoms with van der Waals surface area (Å²) in [5.41, 5.74) is 5.63. The van der Waals surface area contributed by atoms with Crippen molar-refractivity contribution in [3.05, 3.63) is 76.4 Å². The summed E-state index contributed by atoms with van der Waals surface area (Å²) >= 11 is 0. The molecule has 1 aromatic carbocycles. The first-order valence-electron chi connectivity index (χ1n) is 11.4. The van der Waals surface area contributed by atoms with E-state index in [4.69, 9.17) is 4.74 Å². The molecule has 2 atom stereocenters. The van der Waals surface area contributed by atoms with E-state index in [0.29, 0.717) is 11.1 Å². The van der Waals surface area contributed by atoms with Gasteiger partial charge in [0.1, 0.15) is 18.6 Å². The summed E-state index contributed by atoms with van der Waals surface area (Å²) in [5, 5.41) is 12.1. The summed E-state index contributed by atoms with van der Waals surface area (Å²) in [4.78, 5) is 13.4. The molecule has 5 rings (SSSR count). The van der Waals surface area contributed by atoms with Crippen molar-refractivity contribution in [2.75, 3.05) is 14.2 Å². The van der Waals surface area contributed by atoms with Crippen LogP contribution in [0.5, 0.6) is 0 Å². The molecule has 0 saturated heterocycles. The Morgan fingerprint density at radius 2 is 1.97 bits per heavy atom. The second kappa shape index (κ2) is 7.08. The van der Waals surface area contributed by atoms with Crippen molar-refractivity contribution in [2.24, 2.45) is 18.4 Å². The molecule has 1 N–H and O–H groups in total. The summed E-state index contributed by atoms with van der Waals surface area (Å²) in [6.45, 7) is 8.41. The molecule has 0 fully saturated rings. The highest BCUT2D eigenvalue weighted by Gasteiger charge is 2.53. The van der Waals surface area contributed by atoms with E-state index in [-0.39, 0.29) is 28.9 Å². The first-order valence-corrected chi connectivity index (χ1v) is 11.4. The van der Waals surface area contributed by atoms with Crippen LogP contribution >= 0.6 is 0 Å². The molecule has 2 unspecified atom stereocenters. The quantitative estimate of drug-likeness (QED) is 0.549. The second-order valence-corrected chi connectivity index (χ2v) is 10.0. The third kappa shape index (κ3) is 2.84. The van der Waals surface area contributed by atoms with Crippen molar-refractivity contribution in [2.45, 2.75) is 33.7 Å². The molecule has 2 heterocycles. The maximum absolute atomic E-state index is 13.4. The number of allylic oxidation sites excluding steroid dienone is 4. The first kappa shape index (κ1) is 21.5. The van der Waals surface area contributed by atoms with E-state index in [0.717, 1.165) is 39.2 Å². The number of aromatic nitrogens is 1. The van der Waals surface area contributed by atoms with Gasteiger partial charge < -0.3 is 14.4 Å². The lowest BCUT2D eigenvalue weighted by Crippen LogP contribution is -2.32. The molecule has 5 heteroatoms. The molecule has 0 spiro atoms.